The molecule has 4 N–H and O–H groups in total. The quantitative estimate of drug-likeness (QED) is 0.580. The van der Waals surface area contributed by atoms with Gasteiger partial charge in [0, 0.05) is 39.7 Å². The standard InChI is InChI=1S/C19H25N5O3S/c1-12(25)22-19-23-15(9-6-13-4-7-14(20)8-5-13)17(28-19)18(27)21-11-10-16(26)24(2)3/h4-5,7-8H,6,9-11,20H2,1-3H3,(H,21,27)(H,22,23,25). The zero-order valence-corrected chi connectivity index (χ0v) is 17.1. The zero-order valence-electron chi connectivity index (χ0n) is 16.2. The summed E-state index contributed by atoms with van der Waals surface area (Å²) >= 11 is 1.13. The van der Waals surface area contributed by atoms with Crippen LogP contribution in [0.4, 0.5) is 10.8 Å². The minimum absolute atomic E-state index is 0.0629. The molecule has 2 aromatic rings. The summed E-state index contributed by atoms with van der Waals surface area (Å²) in [5.41, 5.74) is 8.08. The average molecular weight is 404 g/mol. The maximum Gasteiger partial charge on any atom is 0.263 e. The van der Waals surface area contributed by atoms with Crippen molar-refractivity contribution in [2.24, 2.45) is 0 Å². The van der Waals surface area contributed by atoms with Gasteiger partial charge in [0.1, 0.15) is 4.88 Å². The number of nitrogen functional groups attached to an aromatic ring is 1. The number of carbonyl (C=O) groups excluding carboxylic acids is 3. The molecule has 0 atom stereocenters. The molecule has 0 fully saturated rings. The van der Waals surface area contributed by atoms with Gasteiger partial charge in [0.15, 0.2) is 5.13 Å². The Labute approximate surface area is 168 Å². The first-order valence-corrected chi connectivity index (χ1v) is 9.68. The normalized spacial score (nSPS) is 10.4. The van der Waals surface area contributed by atoms with Gasteiger partial charge >= 0.3 is 0 Å². The molecule has 8 nitrogen and oxygen atoms in total. The van der Waals surface area contributed by atoms with Crippen LogP contribution in [0, 0.1) is 0 Å². The van der Waals surface area contributed by atoms with Crippen LogP contribution in [0.25, 0.3) is 0 Å². The van der Waals surface area contributed by atoms with Crippen LogP contribution in [0.15, 0.2) is 24.3 Å². The van der Waals surface area contributed by atoms with Gasteiger partial charge in [-0.1, -0.05) is 23.5 Å². The highest BCUT2D eigenvalue weighted by atomic mass is 32.1. The van der Waals surface area contributed by atoms with Crippen molar-refractivity contribution in [3.8, 4) is 0 Å². The van der Waals surface area contributed by atoms with Crippen LogP contribution in [-0.4, -0.2) is 48.2 Å². The van der Waals surface area contributed by atoms with Crippen molar-refractivity contribution in [1.82, 2.24) is 15.2 Å². The Morgan fingerprint density at radius 1 is 1.14 bits per heavy atom. The van der Waals surface area contributed by atoms with Gasteiger partial charge < -0.3 is 21.3 Å². The number of carbonyl (C=O) groups is 3. The first kappa shape index (κ1) is 21.4. The Balaban J connectivity index is 2.08. The fraction of sp³-hybridized carbons (Fsp3) is 0.368. The van der Waals surface area contributed by atoms with Gasteiger partial charge in [-0.3, -0.25) is 14.4 Å². The Bertz CT molecular complexity index is 846. The molecule has 2 rings (SSSR count). The van der Waals surface area contributed by atoms with Crippen molar-refractivity contribution in [3.05, 3.63) is 40.4 Å². The SMILES string of the molecule is CC(=O)Nc1nc(CCc2ccc(N)cc2)c(C(=O)NCCC(=O)N(C)C)s1. The van der Waals surface area contributed by atoms with Gasteiger partial charge in [0.25, 0.3) is 5.91 Å². The molecule has 0 saturated carbocycles. The summed E-state index contributed by atoms with van der Waals surface area (Å²) in [7, 11) is 3.34. The molecule has 0 aliphatic heterocycles. The minimum atomic E-state index is -0.298. The number of aryl methyl sites for hydroxylation is 2. The lowest BCUT2D eigenvalue weighted by Gasteiger charge is -2.10. The van der Waals surface area contributed by atoms with Gasteiger partial charge in [-0.05, 0) is 30.5 Å². The number of hydrogen-bond acceptors (Lipinski definition) is 6. The van der Waals surface area contributed by atoms with E-state index in [-0.39, 0.29) is 30.7 Å². The lowest BCUT2D eigenvalue weighted by atomic mass is 10.1. The summed E-state index contributed by atoms with van der Waals surface area (Å²) in [4.78, 5) is 41.9. The molecule has 0 unspecified atom stereocenters. The summed E-state index contributed by atoms with van der Waals surface area (Å²) in [5, 5.41) is 5.76. The number of amides is 3. The summed E-state index contributed by atoms with van der Waals surface area (Å²) in [5.74, 6) is -0.609. The lowest BCUT2D eigenvalue weighted by Crippen LogP contribution is -2.30. The van der Waals surface area contributed by atoms with Crippen molar-refractivity contribution >= 4 is 39.9 Å². The molecule has 0 radical (unpaired) electrons. The third kappa shape index (κ3) is 6.34. The van der Waals surface area contributed by atoms with Crippen molar-refractivity contribution in [2.75, 3.05) is 31.7 Å². The second-order valence-corrected chi connectivity index (χ2v) is 7.51. The second kappa shape index (κ2) is 9.84. The third-order valence-corrected chi connectivity index (χ3v) is 4.95. The number of nitrogens with two attached hydrogens (primary N) is 1. The van der Waals surface area contributed by atoms with Crippen LogP contribution in [0.5, 0.6) is 0 Å². The number of anilines is 2. The smallest absolute Gasteiger partial charge is 0.263 e. The molecule has 1 aromatic heterocycles. The summed E-state index contributed by atoms with van der Waals surface area (Å²) in [6, 6.07) is 7.52. The number of thiazole rings is 1. The van der Waals surface area contributed by atoms with Gasteiger partial charge in [-0.25, -0.2) is 4.98 Å². The molecule has 1 aromatic carbocycles. The summed E-state index contributed by atoms with van der Waals surface area (Å²) in [6.45, 7) is 1.63. The summed E-state index contributed by atoms with van der Waals surface area (Å²) in [6.07, 6.45) is 1.44. The van der Waals surface area contributed by atoms with E-state index in [0.29, 0.717) is 34.2 Å². The molecular weight excluding hydrogens is 378 g/mol. The van der Waals surface area contributed by atoms with Gasteiger partial charge in [-0.2, -0.15) is 0 Å². The van der Waals surface area contributed by atoms with Gasteiger partial charge in [0.2, 0.25) is 11.8 Å². The van der Waals surface area contributed by atoms with Crippen LogP contribution in [0.2, 0.25) is 0 Å². The van der Waals surface area contributed by atoms with Gasteiger partial charge in [-0.15, -0.1) is 0 Å². The van der Waals surface area contributed by atoms with E-state index in [1.807, 2.05) is 24.3 Å². The van der Waals surface area contributed by atoms with E-state index < -0.39 is 0 Å². The molecule has 9 heteroatoms. The Morgan fingerprint density at radius 2 is 1.82 bits per heavy atom. The largest absolute Gasteiger partial charge is 0.399 e. The van der Waals surface area contributed by atoms with Crippen LogP contribution in [0.1, 0.15) is 34.3 Å². The average Bonchev–Trinajstić information content (AvgIpc) is 3.03. The number of hydrogen-bond donors (Lipinski definition) is 3. The summed E-state index contributed by atoms with van der Waals surface area (Å²) < 4.78 is 0. The van der Waals surface area contributed by atoms with Gasteiger partial charge in [0.05, 0.1) is 5.69 Å². The molecule has 3 amide bonds. The van der Waals surface area contributed by atoms with Crippen LogP contribution in [-0.2, 0) is 22.4 Å². The van der Waals surface area contributed by atoms with Crippen LogP contribution >= 0.6 is 11.3 Å². The number of nitrogens with zero attached hydrogens (tertiary/aromatic N) is 2. The van der Waals surface area contributed by atoms with E-state index in [9.17, 15) is 14.4 Å². The molecule has 0 aliphatic carbocycles. The fourth-order valence-corrected chi connectivity index (χ4v) is 3.41. The third-order valence-electron chi connectivity index (χ3n) is 3.94. The first-order chi connectivity index (χ1) is 13.3. The highest BCUT2D eigenvalue weighted by molar-refractivity contribution is 7.17. The molecule has 0 saturated heterocycles. The van der Waals surface area contributed by atoms with E-state index in [1.54, 1.807) is 14.1 Å². The van der Waals surface area contributed by atoms with E-state index in [4.69, 9.17) is 5.73 Å². The molecular formula is C19H25N5O3S. The predicted molar refractivity (Wildman–Crippen MR) is 110 cm³/mol. The Hall–Kier alpha value is -2.94. The lowest BCUT2D eigenvalue weighted by molar-refractivity contribution is -0.128. The number of benzene rings is 1. The molecule has 0 aliphatic rings. The van der Waals surface area contributed by atoms with Crippen LogP contribution in [0.3, 0.4) is 0 Å². The Morgan fingerprint density at radius 3 is 2.43 bits per heavy atom. The molecule has 28 heavy (non-hydrogen) atoms. The van der Waals surface area contributed by atoms with E-state index in [2.05, 4.69) is 15.6 Å². The van der Waals surface area contributed by atoms with Crippen molar-refractivity contribution in [2.45, 2.75) is 26.2 Å². The fourth-order valence-electron chi connectivity index (χ4n) is 2.44. The molecule has 150 valence electrons. The van der Waals surface area contributed by atoms with E-state index in [0.717, 1.165) is 16.9 Å². The first-order valence-electron chi connectivity index (χ1n) is 8.86. The predicted octanol–water partition coefficient (Wildman–Crippen LogP) is 1.68. The van der Waals surface area contributed by atoms with E-state index >= 15 is 0 Å². The van der Waals surface area contributed by atoms with Crippen molar-refractivity contribution in [3.63, 3.8) is 0 Å². The Kier molecular flexibility index (Phi) is 7.51. The number of nitrogens with one attached hydrogen (secondary N) is 2. The minimum Gasteiger partial charge on any atom is -0.399 e. The van der Waals surface area contributed by atoms with E-state index in [1.165, 1.54) is 11.8 Å². The maximum absolute atomic E-state index is 12.6. The highest BCUT2D eigenvalue weighted by Gasteiger charge is 2.19. The molecule has 0 spiro atoms. The van der Waals surface area contributed by atoms with Crippen molar-refractivity contribution < 1.29 is 14.4 Å². The second-order valence-electron chi connectivity index (χ2n) is 6.51. The maximum atomic E-state index is 12.6. The highest BCUT2D eigenvalue weighted by Crippen LogP contribution is 2.24. The van der Waals surface area contributed by atoms with Crippen LogP contribution < -0.4 is 16.4 Å². The molecule has 1 heterocycles. The topological polar surface area (TPSA) is 117 Å². The van der Waals surface area contributed by atoms with Crippen molar-refractivity contribution in [1.29, 1.82) is 0 Å². The number of rotatable bonds is 8. The molecule has 0 bridgehead atoms. The number of aromatic nitrogens is 1. The zero-order chi connectivity index (χ0) is 20.7. The monoisotopic (exact) mass is 403 g/mol.